The third-order valence-corrected chi connectivity index (χ3v) is 5.27. The summed E-state index contributed by atoms with van der Waals surface area (Å²) in [5, 5.41) is 0. The predicted molar refractivity (Wildman–Crippen MR) is 123 cm³/mol. The van der Waals surface area contributed by atoms with Crippen molar-refractivity contribution in [3.05, 3.63) is 35.9 Å². The quantitative estimate of drug-likeness (QED) is 0.143. The van der Waals surface area contributed by atoms with Gasteiger partial charge in [0, 0.05) is 6.08 Å². The lowest BCUT2D eigenvalue weighted by molar-refractivity contribution is -0.137. The van der Waals surface area contributed by atoms with E-state index in [9.17, 15) is 4.79 Å². The number of carbonyl (C=O) groups is 1. The molecule has 0 heterocycles. The summed E-state index contributed by atoms with van der Waals surface area (Å²) in [5.74, 6) is 0.540. The zero-order chi connectivity index (χ0) is 21.0. The second kappa shape index (κ2) is 18.3. The maximum atomic E-state index is 11.7. The number of hydrogen-bond acceptors (Lipinski definition) is 3. The normalized spacial score (nSPS) is 11.1. The van der Waals surface area contributed by atoms with Crippen molar-refractivity contribution in [1.82, 2.24) is 0 Å². The van der Waals surface area contributed by atoms with E-state index in [0.717, 1.165) is 24.2 Å². The van der Waals surface area contributed by atoms with Crippen molar-refractivity contribution >= 4 is 12.0 Å². The number of rotatable bonds is 18. The van der Waals surface area contributed by atoms with E-state index >= 15 is 0 Å². The van der Waals surface area contributed by atoms with Crippen LogP contribution < -0.4 is 4.74 Å². The van der Waals surface area contributed by atoms with Gasteiger partial charge in [0.15, 0.2) is 0 Å². The molecule has 0 amide bonds. The number of hydrogen-bond donors (Lipinski definition) is 0. The summed E-state index contributed by atoms with van der Waals surface area (Å²) < 4.78 is 10.4. The fourth-order valence-electron chi connectivity index (χ4n) is 3.40. The molecule has 0 fully saturated rings. The van der Waals surface area contributed by atoms with Gasteiger partial charge in [-0.05, 0) is 30.2 Å². The Morgan fingerprint density at radius 1 is 0.759 bits per heavy atom. The van der Waals surface area contributed by atoms with E-state index in [1.165, 1.54) is 83.1 Å². The minimum Gasteiger partial charge on any atom is -0.497 e. The highest BCUT2D eigenvalue weighted by Crippen LogP contribution is 2.14. The second-order valence-corrected chi connectivity index (χ2v) is 7.87. The summed E-state index contributed by atoms with van der Waals surface area (Å²) in [4.78, 5) is 11.7. The molecule has 0 bridgehead atoms. The molecule has 0 aromatic heterocycles. The van der Waals surface area contributed by atoms with Crippen LogP contribution in [0.25, 0.3) is 6.08 Å². The third-order valence-electron chi connectivity index (χ3n) is 5.27. The van der Waals surface area contributed by atoms with Crippen molar-refractivity contribution in [2.45, 2.75) is 96.8 Å². The van der Waals surface area contributed by atoms with Crippen LogP contribution in [0.4, 0.5) is 0 Å². The van der Waals surface area contributed by atoms with Crippen molar-refractivity contribution in [2.24, 2.45) is 0 Å². The topological polar surface area (TPSA) is 35.5 Å². The first-order valence-corrected chi connectivity index (χ1v) is 11.7. The van der Waals surface area contributed by atoms with Crippen LogP contribution in [0.1, 0.15) is 102 Å². The fraction of sp³-hybridized carbons (Fsp3) is 0.654. The average molecular weight is 403 g/mol. The number of carbonyl (C=O) groups excluding carboxylic acids is 1. The zero-order valence-corrected chi connectivity index (χ0v) is 18.8. The Labute approximate surface area is 178 Å². The largest absolute Gasteiger partial charge is 0.497 e. The smallest absolute Gasteiger partial charge is 0.330 e. The Kier molecular flexibility index (Phi) is 15.9. The van der Waals surface area contributed by atoms with Crippen molar-refractivity contribution in [1.29, 1.82) is 0 Å². The van der Waals surface area contributed by atoms with Gasteiger partial charge in [-0.3, -0.25) is 0 Å². The van der Waals surface area contributed by atoms with Gasteiger partial charge in [-0.1, -0.05) is 103 Å². The molecule has 0 aliphatic heterocycles. The number of unbranched alkanes of at least 4 members (excludes halogenated alkanes) is 13. The lowest BCUT2D eigenvalue weighted by atomic mass is 10.0. The molecule has 0 saturated carbocycles. The molecule has 3 heteroatoms. The molecule has 0 radical (unpaired) electrons. The van der Waals surface area contributed by atoms with E-state index in [4.69, 9.17) is 9.47 Å². The van der Waals surface area contributed by atoms with E-state index in [-0.39, 0.29) is 5.97 Å². The van der Waals surface area contributed by atoms with Gasteiger partial charge in [0.05, 0.1) is 13.7 Å². The molecule has 1 rings (SSSR count). The van der Waals surface area contributed by atoms with Gasteiger partial charge >= 0.3 is 5.97 Å². The molecule has 0 saturated heterocycles. The van der Waals surface area contributed by atoms with Gasteiger partial charge in [0.2, 0.25) is 0 Å². The minimum absolute atomic E-state index is 0.268. The number of benzene rings is 1. The highest BCUT2D eigenvalue weighted by atomic mass is 16.5. The lowest BCUT2D eigenvalue weighted by Crippen LogP contribution is -2.02. The molecule has 164 valence electrons. The number of methoxy groups -OCH3 is 1. The van der Waals surface area contributed by atoms with Gasteiger partial charge < -0.3 is 9.47 Å². The van der Waals surface area contributed by atoms with Crippen molar-refractivity contribution in [3.8, 4) is 5.75 Å². The molecular weight excluding hydrogens is 360 g/mol. The maximum absolute atomic E-state index is 11.7. The highest BCUT2D eigenvalue weighted by molar-refractivity contribution is 5.87. The maximum Gasteiger partial charge on any atom is 0.330 e. The fourth-order valence-corrected chi connectivity index (χ4v) is 3.40. The van der Waals surface area contributed by atoms with Crippen LogP contribution >= 0.6 is 0 Å². The Bertz CT molecular complexity index is 533. The van der Waals surface area contributed by atoms with Gasteiger partial charge in [-0.2, -0.15) is 0 Å². The Morgan fingerprint density at radius 2 is 1.24 bits per heavy atom. The summed E-state index contributed by atoms with van der Waals surface area (Å²) in [6.45, 7) is 2.79. The molecule has 0 aliphatic rings. The molecule has 0 atom stereocenters. The summed E-state index contributed by atoms with van der Waals surface area (Å²) in [5.41, 5.74) is 0.958. The van der Waals surface area contributed by atoms with Crippen LogP contribution in [0.2, 0.25) is 0 Å². The molecule has 0 spiro atoms. The monoisotopic (exact) mass is 402 g/mol. The Morgan fingerprint density at radius 3 is 1.72 bits per heavy atom. The van der Waals surface area contributed by atoms with E-state index in [1.54, 1.807) is 13.2 Å². The van der Waals surface area contributed by atoms with Crippen LogP contribution in [0, 0.1) is 0 Å². The summed E-state index contributed by atoms with van der Waals surface area (Å²) in [7, 11) is 1.64. The Balaban J connectivity index is 1.87. The first kappa shape index (κ1) is 25.3. The van der Waals surface area contributed by atoms with Crippen LogP contribution in [-0.4, -0.2) is 19.7 Å². The average Bonchev–Trinajstić information content (AvgIpc) is 2.75. The first-order chi connectivity index (χ1) is 14.3. The number of ether oxygens (including phenoxy) is 2. The van der Waals surface area contributed by atoms with Crippen molar-refractivity contribution in [3.63, 3.8) is 0 Å². The Hall–Kier alpha value is -1.77. The van der Waals surface area contributed by atoms with Crippen LogP contribution in [0.5, 0.6) is 5.75 Å². The zero-order valence-electron chi connectivity index (χ0n) is 18.8. The van der Waals surface area contributed by atoms with Gasteiger partial charge in [0.1, 0.15) is 5.75 Å². The van der Waals surface area contributed by atoms with Crippen LogP contribution in [0.15, 0.2) is 30.3 Å². The standard InChI is InChI=1S/C26H42O3/c1-3-4-5-6-7-8-9-10-11-12-13-14-15-16-23-29-26(27)22-19-24-17-20-25(28-2)21-18-24/h17-22H,3-16,23H2,1-2H3/b22-19+. The van der Waals surface area contributed by atoms with Gasteiger partial charge in [-0.25, -0.2) is 4.79 Å². The summed E-state index contributed by atoms with van der Waals surface area (Å²) >= 11 is 0. The number of esters is 1. The minimum atomic E-state index is -0.268. The molecule has 29 heavy (non-hydrogen) atoms. The molecular formula is C26H42O3. The second-order valence-electron chi connectivity index (χ2n) is 7.87. The molecule has 1 aromatic rings. The SMILES string of the molecule is CCCCCCCCCCCCCCCCOC(=O)/C=C/c1ccc(OC)cc1. The highest BCUT2D eigenvalue weighted by Gasteiger charge is 1.98. The molecule has 0 unspecified atom stereocenters. The van der Waals surface area contributed by atoms with Crippen LogP contribution in [0.3, 0.4) is 0 Å². The van der Waals surface area contributed by atoms with Crippen molar-refractivity contribution in [2.75, 3.05) is 13.7 Å². The van der Waals surface area contributed by atoms with Gasteiger partial charge in [-0.15, -0.1) is 0 Å². The van der Waals surface area contributed by atoms with Crippen LogP contribution in [-0.2, 0) is 9.53 Å². The molecule has 0 N–H and O–H groups in total. The first-order valence-electron chi connectivity index (χ1n) is 11.7. The van der Waals surface area contributed by atoms with Crippen molar-refractivity contribution < 1.29 is 14.3 Å². The van der Waals surface area contributed by atoms with E-state index in [0.29, 0.717) is 6.61 Å². The lowest BCUT2D eigenvalue weighted by Gasteiger charge is -2.04. The summed E-state index contributed by atoms with van der Waals surface area (Å²) in [6, 6.07) is 7.58. The van der Waals surface area contributed by atoms with Gasteiger partial charge in [0.25, 0.3) is 0 Å². The van der Waals surface area contributed by atoms with E-state index in [2.05, 4.69) is 6.92 Å². The van der Waals surface area contributed by atoms with E-state index < -0.39 is 0 Å². The third kappa shape index (κ3) is 14.8. The predicted octanol–water partition coefficient (Wildman–Crippen LogP) is 7.73. The molecule has 1 aromatic carbocycles. The summed E-state index contributed by atoms with van der Waals surface area (Å²) in [6.07, 6.45) is 21.9. The molecule has 0 aliphatic carbocycles. The molecule has 3 nitrogen and oxygen atoms in total. The van der Waals surface area contributed by atoms with E-state index in [1.807, 2.05) is 24.3 Å².